The molecule has 1 aromatic carbocycles. The normalized spacial score (nSPS) is 13.5. The van der Waals surface area contributed by atoms with Crippen LogP contribution >= 0.6 is 0 Å². The first-order valence-electron chi connectivity index (χ1n) is 8.05. The van der Waals surface area contributed by atoms with Crippen LogP contribution in [0.4, 0.5) is 5.69 Å². The summed E-state index contributed by atoms with van der Waals surface area (Å²) in [6.07, 6.45) is 0.298. The molecule has 0 unspecified atom stereocenters. The summed E-state index contributed by atoms with van der Waals surface area (Å²) in [4.78, 5) is 35.0. The van der Waals surface area contributed by atoms with E-state index in [1.165, 1.54) is 19.3 Å². The lowest BCUT2D eigenvalue weighted by Crippen LogP contribution is -2.35. The summed E-state index contributed by atoms with van der Waals surface area (Å²) in [6, 6.07) is 5.64. The van der Waals surface area contributed by atoms with E-state index in [4.69, 9.17) is 18.6 Å². The Labute approximate surface area is 153 Å². The van der Waals surface area contributed by atoms with Crippen LogP contribution in [-0.2, 0) is 16.1 Å². The van der Waals surface area contributed by atoms with Crippen LogP contribution in [0.25, 0.3) is 0 Å². The molecule has 0 saturated heterocycles. The number of nitro benzene ring substituents is 1. The molecule has 142 valence electrons. The van der Waals surface area contributed by atoms with Crippen molar-refractivity contribution in [3.63, 3.8) is 0 Å². The molecule has 0 bridgehead atoms. The Hall–Kier alpha value is -3.56. The van der Waals surface area contributed by atoms with Crippen molar-refractivity contribution in [2.45, 2.75) is 19.6 Å². The van der Waals surface area contributed by atoms with Crippen LogP contribution in [0.15, 0.2) is 34.9 Å². The molecule has 27 heavy (non-hydrogen) atoms. The maximum absolute atomic E-state index is 12.4. The number of carbonyl (C=O) groups excluding carboxylic acids is 2. The van der Waals surface area contributed by atoms with Gasteiger partial charge in [0.1, 0.15) is 24.5 Å². The highest BCUT2D eigenvalue weighted by Crippen LogP contribution is 2.37. The van der Waals surface area contributed by atoms with Crippen LogP contribution in [0.3, 0.4) is 0 Å². The Morgan fingerprint density at radius 2 is 2.00 bits per heavy atom. The second kappa shape index (κ2) is 7.77. The maximum Gasteiger partial charge on any atom is 0.346 e. The number of furan rings is 1. The van der Waals surface area contributed by atoms with Crippen molar-refractivity contribution in [2.24, 2.45) is 0 Å². The first-order chi connectivity index (χ1) is 13.0. The molecule has 1 amide bonds. The van der Waals surface area contributed by atoms with Gasteiger partial charge in [-0.15, -0.1) is 0 Å². The van der Waals surface area contributed by atoms with Gasteiger partial charge >= 0.3 is 5.97 Å². The van der Waals surface area contributed by atoms with Gasteiger partial charge in [0.15, 0.2) is 17.6 Å². The molecule has 1 atom stereocenters. The Kier molecular flexibility index (Phi) is 5.25. The van der Waals surface area contributed by atoms with Crippen molar-refractivity contribution in [1.82, 2.24) is 5.32 Å². The van der Waals surface area contributed by atoms with Crippen LogP contribution < -0.4 is 14.8 Å². The molecule has 1 aromatic heterocycles. The summed E-state index contributed by atoms with van der Waals surface area (Å²) in [5.41, 5.74) is -0.817. The lowest BCUT2D eigenvalue weighted by molar-refractivity contribution is -0.385. The summed E-state index contributed by atoms with van der Waals surface area (Å²) in [5.74, 6) is -0.675. The lowest BCUT2D eigenvalue weighted by atomic mass is 10.1. The smallest absolute Gasteiger partial charge is 0.346 e. The van der Waals surface area contributed by atoms with Crippen LogP contribution in [-0.4, -0.2) is 36.1 Å². The summed E-state index contributed by atoms with van der Waals surface area (Å²) in [7, 11) is 0. The van der Waals surface area contributed by atoms with Gasteiger partial charge in [-0.1, -0.05) is 0 Å². The third-order valence-electron chi connectivity index (χ3n) is 3.75. The van der Waals surface area contributed by atoms with Gasteiger partial charge in [-0.25, -0.2) is 4.79 Å². The number of ether oxygens (including phenoxy) is 3. The van der Waals surface area contributed by atoms with Gasteiger partial charge in [-0.2, -0.15) is 0 Å². The molecule has 0 saturated carbocycles. The number of nitro groups is 1. The average molecular weight is 376 g/mol. The van der Waals surface area contributed by atoms with E-state index < -0.39 is 28.6 Å². The number of fused-ring (bicyclic) bond motifs is 1. The van der Waals surface area contributed by atoms with Gasteiger partial charge in [-0.05, 0) is 19.1 Å². The van der Waals surface area contributed by atoms with Crippen LogP contribution in [0.5, 0.6) is 11.5 Å². The van der Waals surface area contributed by atoms with Gasteiger partial charge < -0.3 is 23.9 Å². The summed E-state index contributed by atoms with van der Waals surface area (Å²) in [6.45, 7) is 1.99. The number of benzene rings is 1. The van der Waals surface area contributed by atoms with Crippen molar-refractivity contribution in [1.29, 1.82) is 0 Å². The highest BCUT2D eigenvalue weighted by atomic mass is 16.6. The highest BCUT2D eigenvalue weighted by molar-refractivity contribution is 5.96. The molecule has 10 nitrogen and oxygen atoms in total. The number of nitrogens with zero attached hydrogens (tertiary/aromatic N) is 1. The summed E-state index contributed by atoms with van der Waals surface area (Å²) in [5, 5.41) is 13.8. The Morgan fingerprint density at radius 3 is 2.63 bits per heavy atom. The number of hydrogen-bond donors (Lipinski definition) is 1. The third-order valence-corrected chi connectivity index (χ3v) is 3.75. The fourth-order valence-electron chi connectivity index (χ4n) is 2.40. The van der Waals surface area contributed by atoms with Gasteiger partial charge in [-0.3, -0.25) is 14.9 Å². The fourth-order valence-corrected chi connectivity index (χ4v) is 2.40. The lowest BCUT2D eigenvalue weighted by Gasteiger charge is -2.19. The molecule has 0 fully saturated rings. The molecule has 0 spiro atoms. The molecule has 1 aliphatic heterocycles. The van der Waals surface area contributed by atoms with Crippen LogP contribution in [0.1, 0.15) is 23.0 Å². The predicted molar refractivity (Wildman–Crippen MR) is 89.5 cm³/mol. The Balaban J connectivity index is 1.71. The summed E-state index contributed by atoms with van der Waals surface area (Å²) < 4.78 is 20.8. The Bertz CT molecular complexity index is 862. The fraction of sp³-hybridized carbons (Fsp3) is 0.294. The first-order valence-corrected chi connectivity index (χ1v) is 8.05. The zero-order chi connectivity index (χ0) is 19.4. The molecule has 3 rings (SSSR count). The van der Waals surface area contributed by atoms with E-state index in [2.05, 4.69) is 5.32 Å². The number of nitrogens with one attached hydrogen (secondary N) is 1. The van der Waals surface area contributed by atoms with E-state index in [9.17, 15) is 19.7 Å². The number of carbonyl (C=O) groups is 2. The molecule has 0 radical (unpaired) electrons. The second-order valence-electron chi connectivity index (χ2n) is 5.61. The van der Waals surface area contributed by atoms with E-state index >= 15 is 0 Å². The second-order valence-corrected chi connectivity index (χ2v) is 5.61. The average Bonchev–Trinajstić information content (AvgIpc) is 3.18. The SMILES string of the molecule is C[C@H](OC(=O)c1cc2c(cc1[N+](=O)[O-])OCCO2)C(=O)NCc1ccco1. The minimum atomic E-state index is -1.17. The number of rotatable bonds is 6. The van der Waals surface area contributed by atoms with Crippen molar-refractivity contribution in [2.75, 3.05) is 13.2 Å². The first kappa shape index (κ1) is 18.2. The molecular weight excluding hydrogens is 360 g/mol. The van der Waals surface area contributed by atoms with E-state index in [0.29, 0.717) is 5.76 Å². The van der Waals surface area contributed by atoms with Crippen molar-refractivity contribution < 1.29 is 33.1 Å². The minimum absolute atomic E-state index is 0.123. The zero-order valence-electron chi connectivity index (χ0n) is 14.3. The van der Waals surface area contributed by atoms with E-state index in [-0.39, 0.29) is 36.8 Å². The van der Waals surface area contributed by atoms with Crippen LogP contribution in [0.2, 0.25) is 0 Å². The highest BCUT2D eigenvalue weighted by Gasteiger charge is 2.29. The van der Waals surface area contributed by atoms with E-state index in [1.54, 1.807) is 12.1 Å². The molecule has 10 heteroatoms. The predicted octanol–water partition coefficient (Wildman–Crippen LogP) is 1.82. The van der Waals surface area contributed by atoms with E-state index in [1.807, 2.05) is 0 Å². The zero-order valence-corrected chi connectivity index (χ0v) is 14.3. The molecule has 0 aliphatic carbocycles. The quantitative estimate of drug-likeness (QED) is 0.459. The van der Waals surface area contributed by atoms with Crippen LogP contribution in [0, 0.1) is 10.1 Å². The Morgan fingerprint density at radius 1 is 1.30 bits per heavy atom. The van der Waals surface area contributed by atoms with Gasteiger partial charge in [0, 0.05) is 6.07 Å². The molecule has 2 heterocycles. The minimum Gasteiger partial charge on any atom is -0.486 e. The van der Waals surface area contributed by atoms with Crippen molar-refractivity contribution in [3.8, 4) is 11.5 Å². The maximum atomic E-state index is 12.4. The van der Waals surface area contributed by atoms with Gasteiger partial charge in [0.05, 0.1) is 23.8 Å². The summed E-state index contributed by atoms with van der Waals surface area (Å²) >= 11 is 0. The van der Waals surface area contributed by atoms with Gasteiger partial charge in [0.25, 0.3) is 11.6 Å². The number of esters is 1. The number of amides is 1. The molecule has 1 N–H and O–H groups in total. The largest absolute Gasteiger partial charge is 0.486 e. The topological polar surface area (TPSA) is 130 Å². The monoisotopic (exact) mass is 376 g/mol. The third kappa shape index (κ3) is 4.17. The standard InChI is InChI=1S/C17H16N2O8/c1-10(16(20)18-9-11-3-2-4-24-11)27-17(21)12-7-14-15(26-6-5-25-14)8-13(12)19(22)23/h2-4,7-8,10H,5-6,9H2,1H3,(H,18,20)/t10-/m0/s1. The number of hydrogen-bond acceptors (Lipinski definition) is 8. The molecule has 2 aromatic rings. The van der Waals surface area contributed by atoms with Gasteiger partial charge in [0.2, 0.25) is 0 Å². The van der Waals surface area contributed by atoms with Crippen molar-refractivity contribution >= 4 is 17.6 Å². The molecular formula is C17H16N2O8. The van der Waals surface area contributed by atoms with Crippen molar-refractivity contribution in [3.05, 3.63) is 52.0 Å². The molecule has 1 aliphatic rings. The van der Waals surface area contributed by atoms with E-state index in [0.717, 1.165) is 6.07 Å².